The molecule has 3 rings (SSSR count). The number of thioether (sulfide) groups is 1. The molecule has 2 unspecified atom stereocenters. The number of aromatic nitrogens is 1. The van der Waals surface area contributed by atoms with E-state index in [1.165, 1.54) is 41.6 Å². The standard InChI is InChI=1S/C15H20N2S/c16-10-12-6-2-4-8-14(12)18-15-9-11-5-1-3-7-13(11)17-15/h1,3,5,7,9,12,14,17H,2,4,6,8,10,16H2. The van der Waals surface area contributed by atoms with E-state index in [-0.39, 0.29) is 0 Å². The summed E-state index contributed by atoms with van der Waals surface area (Å²) >= 11 is 1.99. The Labute approximate surface area is 112 Å². The van der Waals surface area contributed by atoms with E-state index >= 15 is 0 Å². The molecule has 0 amide bonds. The smallest absolute Gasteiger partial charge is 0.0735 e. The van der Waals surface area contributed by atoms with E-state index in [1.54, 1.807) is 0 Å². The van der Waals surface area contributed by atoms with Crippen LogP contribution in [0.1, 0.15) is 25.7 Å². The Kier molecular flexibility index (Phi) is 3.62. The molecular weight excluding hydrogens is 240 g/mol. The molecule has 18 heavy (non-hydrogen) atoms. The number of hydrogen-bond donors (Lipinski definition) is 2. The zero-order valence-corrected chi connectivity index (χ0v) is 11.4. The van der Waals surface area contributed by atoms with E-state index in [4.69, 9.17) is 5.73 Å². The minimum atomic E-state index is 0.690. The van der Waals surface area contributed by atoms with Crippen LogP contribution in [0.15, 0.2) is 35.4 Å². The van der Waals surface area contributed by atoms with Gasteiger partial charge in [0.15, 0.2) is 0 Å². The van der Waals surface area contributed by atoms with Gasteiger partial charge in [0, 0.05) is 16.2 Å². The molecule has 1 heterocycles. The van der Waals surface area contributed by atoms with Gasteiger partial charge in [-0.3, -0.25) is 0 Å². The van der Waals surface area contributed by atoms with E-state index in [2.05, 4.69) is 35.3 Å². The first-order valence-corrected chi connectivity index (χ1v) is 7.69. The van der Waals surface area contributed by atoms with Gasteiger partial charge in [-0.15, -0.1) is 11.8 Å². The summed E-state index contributed by atoms with van der Waals surface area (Å²) in [5, 5.41) is 3.29. The molecule has 3 N–H and O–H groups in total. The van der Waals surface area contributed by atoms with Crippen molar-refractivity contribution in [2.45, 2.75) is 36.0 Å². The second-order valence-electron chi connectivity index (χ2n) is 5.16. The fraction of sp³-hybridized carbons (Fsp3) is 0.467. The predicted octanol–water partition coefficient (Wildman–Crippen LogP) is 3.78. The minimum absolute atomic E-state index is 0.690. The maximum atomic E-state index is 5.90. The number of nitrogens with one attached hydrogen (secondary N) is 1. The summed E-state index contributed by atoms with van der Waals surface area (Å²) in [4.78, 5) is 3.51. The first-order chi connectivity index (χ1) is 8.86. The van der Waals surface area contributed by atoms with E-state index in [0.29, 0.717) is 11.2 Å². The molecule has 0 radical (unpaired) electrons. The zero-order chi connectivity index (χ0) is 12.4. The summed E-state index contributed by atoms with van der Waals surface area (Å²) in [6, 6.07) is 10.7. The molecule has 2 nitrogen and oxygen atoms in total. The van der Waals surface area contributed by atoms with E-state index in [1.807, 2.05) is 11.8 Å². The van der Waals surface area contributed by atoms with Crippen LogP contribution in [-0.2, 0) is 0 Å². The van der Waals surface area contributed by atoms with Gasteiger partial charge in [-0.05, 0) is 37.4 Å². The molecule has 3 heteroatoms. The Hall–Kier alpha value is -0.930. The zero-order valence-electron chi connectivity index (χ0n) is 10.6. The van der Waals surface area contributed by atoms with Gasteiger partial charge in [-0.1, -0.05) is 31.0 Å². The number of rotatable bonds is 3. The van der Waals surface area contributed by atoms with Crippen molar-refractivity contribution in [1.82, 2.24) is 4.98 Å². The van der Waals surface area contributed by atoms with Gasteiger partial charge in [0.1, 0.15) is 0 Å². The number of H-pyrrole nitrogens is 1. The molecule has 1 aromatic carbocycles. The summed E-state index contributed by atoms with van der Waals surface area (Å²) in [5.41, 5.74) is 7.14. The molecule has 1 aromatic heterocycles. The Bertz CT molecular complexity index is 487. The largest absolute Gasteiger partial charge is 0.350 e. The molecule has 0 aliphatic heterocycles. The lowest BCUT2D eigenvalue weighted by atomic mass is 9.89. The van der Waals surface area contributed by atoms with Crippen LogP contribution in [-0.4, -0.2) is 16.8 Å². The average Bonchev–Trinajstić information content (AvgIpc) is 2.81. The molecule has 1 fully saturated rings. The minimum Gasteiger partial charge on any atom is -0.350 e. The molecular formula is C15H20N2S. The Balaban J connectivity index is 1.78. The third-order valence-electron chi connectivity index (χ3n) is 3.93. The Morgan fingerprint density at radius 1 is 1.22 bits per heavy atom. The number of fused-ring (bicyclic) bond motifs is 1. The molecule has 1 aliphatic carbocycles. The number of benzene rings is 1. The fourth-order valence-electron chi connectivity index (χ4n) is 2.87. The average molecular weight is 260 g/mol. The summed E-state index contributed by atoms with van der Waals surface area (Å²) in [6.45, 7) is 0.831. The molecule has 0 bridgehead atoms. The third-order valence-corrected chi connectivity index (χ3v) is 5.32. The van der Waals surface area contributed by atoms with Gasteiger partial charge >= 0.3 is 0 Å². The van der Waals surface area contributed by atoms with Crippen LogP contribution in [0.5, 0.6) is 0 Å². The van der Waals surface area contributed by atoms with Gasteiger partial charge in [0.25, 0.3) is 0 Å². The van der Waals surface area contributed by atoms with Crippen molar-refractivity contribution in [3.8, 4) is 0 Å². The van der Waals surface area contributed by atoms with Gasteiger partial charge in [-0.25, -0.2) is 0 Å². The van der Waals surface area contributed by atoms with Crippen molar-refractivity contribution in [2.24, 2.45) is 11.7 Å². The van der Waals surface area contributed by atoms with E-state index < -0.39 is 0 Å². The van der Waals surface area contributed by atoms with E-state index in [0.717, 1.165) is 6.54 Å². The van der Waals surface area contributed by atoms with Crippen molar-refractivity contribution >= 4 is 22.7 Å². The highest BCUT2D eigenvalue weighted by atomic mass is 32.2. The molecule has 0 spiro atoms. The molecule has 2 aromatic rings. The molecule has 0 saturated heterocycles. The lowest BCUT2D eigenvalue weighted by Crippen LogP contribution is -2.28. The molecule has 1 aliphatic rings. The Morgan fingerprint density at radius 2 is 2.06 bits per heavy atom. The van der Waals surface area contributed by atoms with Gasteiger partial charge in [0.05, 0.1) is 5.03 Å². The van der Waals surface area contributed by atoms with Gasteiger partial charge in [-0.2, -0.15) is 0 Å². The van der Waals surface area contributed by atoms with Crippen LogP contribution in [0, 0.1) is 5.92 Å². The van der Waals surface area contributed by atoms with Crippen molar-refractivity contribution in [3.63, 3.8) is 0 Å². The Morgan fingerprint density at radius 3 is 2.89 bits per heavy atom. The quantitative estimate of drug-likeness (QED) is 0.882. The SMILES string of the molecule is NCC1CCCCC1Sc1cc2ccccc2[nH]1. The highest BCUT2D eigenvalue weighted by Crippen LogP contribution is 2.37. The van der Waals surface area contributed by atoms with Crippen LogP contribution in [0.25, 0.3) is 10.9 Å². The van der Waals surface area contributed by atoms with Crippen LogP contribution < -0.4 is 5.73 Å². The number of hydrogen-bond acceptors (Lipinski definition) is 2. The summed E-state index contributed by atoms with van der Waals surface area (Å²) in [5.74, 6) is 0.690. The molecule has 2 atom stereocenters. The monoisotopic (exact) mass is 260 g/mol. The van der Waals surface area contributed by atoms with Crippen LogP contribution >= 0.6 is 11.8 Å². The van der Waals surface area contributed by atoms with Crippen LogP contribution in [0.3, 0.4) is 0 Å². The number of aromatic amines is 1. The lowest BCUT2D eigenvalue weighted by molar-refractivity contribution is 0.378. The topological polar surface area (TPSA) is 41.8 Å². The van der Waals surface area contributed by atoms with Gasteiger partial charge < -0.3 is 10.7 Å². The number of nitrogens with two attached hydrogens (primary N) is 1. The highest BCUT2D eigenvalue weighted by molar-refractivity contribution is 7.99. The number of para-hydroxylation sites is 1. The lowest BCUT2D eigenvalue weighted by Gasteiger charge is -2.29. The van der Waals surface area contributed by atoms with Crippen molar-refractivity contribution in [2.75, 3.05) is 6.54 Å². The summed E-state index contributed by atoms with van der Waals surface area (Å²) in [6.07, 6.45) is 5.32. The van der Waals surface area contributed by atoms with Crippen LogP contribution in [0.2, 0.25) is 0 Å². The van der Waals surface area contributed by atoms with E-state index in [9.17, 15) is 0 Å². The molecule has 96 valence electrons. The second-order valence-corrected chi connectivity index (χ2v) is 6.44. The van der Waals surface area contributed by atoms with Crippen molar-refractivity contribution < 1.29 is 0 Å². The van der Waals surface area contributed by atoms with Crippen LogP contribution in [0.4, 0.5) is 0 Å². The normalized spacial score (nSPS) is 24.5. The maximum absolute atomic E-state index is 5.90. The maximum Gasteiger partial charge on any atom is 0.0735 e. The third kappa shape index (κ3) is 2.43. The van der Waals surface area contributed by atoms with Crippen molar-refractivity contribution in [3.05, 3.63) is 30.3 Å². The first kappa shape index (κ1) is 12.1. The predicted molar refractivity (Wildman–Crippen MR) is 79.0 cm³/mol. The van der Waals surface area contributed by atoms with Crippen molar-refractivity contribution in [1.29, 1.82) is 0 Å². The first-order valence-electron chi connectivity index (χ1n) is 6.81. The summed E-state index contributed by atoms with van der Waals surface area (Å²) < 4.78 is 0. The second kappa shape index (κ2) is 5.37. The highest BCUT2D eigenvalue weighted by Gasteiger charge is 2.25. The fourth-order valence-corrected chi connectivity index (χ4v) is 4.29. The molecule has 1 saturated carbocycles. The van der Waals surface area contributed by atoms with Gasteiger partial charge in [0.2, 0.25) is 0 Å². The summed E-state index contributed by atoms with van der Waals surface area (Å²) in [7, 11) is 0.